The Labute approximate surface area is 116 Å². The quantitative estimate of drug-likeness (QED) is 0.685. The minimum atomic E-state index is -0.513. The predicted octanol–water partition coefficient (Wildman–Crippen LogP) is 3.80. The molecular formula is C15H13ClFNO. The third kappa shape index (κ3) is 2.93. The van der Waals surface area contributed by atoms with Gasteiger partial charge in [-0.25, -0.2) is 4.39 Å². The van der Waals surface area contributed by atoms with Crippen molar-refractivity contribution < 1.29 is 9.18 Å². The van der Waals surface area contributed by atoms with Crippen molar-refractivity contribution in [2.45, 2.75) is 13.3 Å². The molecule has 0 amide bonds. The number of carbonyl (C=O) groups is 1. The fourth-order valence-electron chi connectivity index (χ4n) is 1.81. The van der Waals surface area contributed by atoms with Crippen molar-refractivity contribution in [2.24, 2.45) is 0 Å². The Morgan fingerprint density at radius 2 is 2.05 bits per heavy atom. The van der Waals surface area contributed by atoms with Gasteiger partial charge >= 0.3 is 0 Å². The molecule has 0 saturated heterocycles. The third-order valence-corrected chi connectivity index (χ3v) is 3.40. The van der Waals surface area contributed by atoms with Gasteiger partial charge < -0.3 is 5.73 Å². The number of nitrogen functional groups attached to an aromatic ring is 1. The number of nitrogens with two attached hydrogens (primary N) is 1. The summed E-state index contributed by atoms with van der Waals surface area (Å²) in [5.41, 5.74) is 8.22. The van der Waals surface area contributed by atoms with Crippen molar-refractivity contribution in [1.82, 2.24) is 0 Å². The van der Waals surface area contributed by atoms with Crippen LogP contribution in [0.25, 0.3) is 0 Å². The van der Waals surface area contributed by atoms with Gasteiger partial charge in [0.05, 0.1) is 5.02 Å². The van der Waals surface area contributed by atoms with Crippen molar-refractivity contribution in [1.29, 1.82) is 0 Å². The van der Waals surface area contributed by atoms with E-state index in [0.29, 0.717) is 16.8 Å². The maximum Gasteiger partial charge on any atom is 0.167 e. The number of rotatable bonds is 3. The standard InChI is InChI=1S/C15H13ClFNO/c1-9-7-10(5-6-13(9)18)14(19)8-11-3-2-4-12(17)15(11)16/h2-7H,8,18H2,1H3. The number of hydrogen-bond donors (Lipinski definition) is 1. The zero-order valence-corrected chi connectivity index (χ0v) is 11.2. The van der Waals surface area contributed by atoms with E-state index in [2.05, 4.69) is 0 Å². The molecule has 0 aliphatic heterocycles. The lowest BCUT2D eigenvalue weighted by molar-refractivity contribution is 0.0993. The van der Waals surface area contributed by atoms with Gasteiger partial charge in [-0.3, -0.25) is 4.79 Å². The number of aryl methyl sites for hydroxylation is 1. The molecule has 19 heavy (non-hydrogen) atoms. The predicted molar refractivity (Wildman–Crippen MR) is 75.0 cm³/mol. The first-order valence-electron chi connectivity index (χ1n) is 5.81. The minimum absolute atomic E-state index is 0.00279. The van der Waals surface area contributed by atoms with E-state index in [0.717, 1.165) is 5.56 Å². The van der Waals surface area contributed by atoms with Crippen LogP contribution in [0.3, 0.4) is 0 Å². The van der Waals surface area contributed by atoms with E-state index >= 15 is 0 Å². The second kappa shape index (κ2) is 5.41. The van der Waals surface area contributed by atoms with Gasteiger partial charge in [0, 0.05) is 17.7 Å². The molecule has 98 valence electrons. The first-order chi connectivity index (χ1) is 8.99. The third-order valence-electron chi connectivity index (χ3n) is 2.97. The molecule has 0 heterocycles. The highest BCUT2D eigenvalue weighted by molar-refractivity contribution is 6.31. The monoisotopic (exact) mass is 277 g/mol. The maximum atomic E-state index is 13.3. The summed E-state index contributed by atoms with van der Waals surface area (Å²) in [6.45, 7) is 1.83. The largest absolute Gasteiger partial charge is 0.399 e. The molecule has 2 aromatic carbocycles. The van der Waals surface area contributed by atoms with Crippen LogP contribution in [0.15, 0.2) is 36.4 Å². The first-order valence-corrected chi connectivity index (χ1v) is 6.19. The Morgan fingerprint density at radius 1 is 1.32 bits per heavy atom. The molecule has 0 radical (unpaired) electrons. The number of carbonyl (C=O) groups excluding carboxylic acids is 1. The summed E-state index contributed by atoms with van der Waals surface area (Å²) < 4.78 is 13.3. The molecule has 0 aliphatic rings. The Kier molecular flexibility index (Phi) is 3.86. The molecule has 0 aromatic heterocycles. The van der Waals surface area contributed by atoms with Crippen LogP contribution in [-0.4, -0.2) is 5.78 Å². The molecule has 0 bridgehead atoms. The summed E-state index contributed by atoms with van der Waals surface area (Å²) in [7, 11) is 0. The highest BCUT2D eigenvalue weighted by Crippen LogP contribution is 2.22. The van der Waals surface area contributed by atoms with Crippen molar-refractivity contribution in [3.63, 3.8) is 0 Å². The molecule has 0 spiro atoms. The normalized spacial score (nSPS) is 10.5. The van der Waals surface area contributed by atoms with Crippen molar-refractivity contribution in [3.05, 3.63) is 63.9 Å². The molecule has 2 N–H and O–H groups in total. The second-order valence-corrected chi connectivity index (χ2v) is 4.76. The average Bonchev–Trinajstić information content (AvgIpc) is 2.38. The maximum absolute atomic E-state index is 13.3. The van der Waals surface area contributed by atoms with Crippen LogP contribution in [0, 0.1) is 12.7 Å². The lowest BCUT2D eigenvalue weighted by atomic mass is 10.0. The number of halogens is 2. The summed E-state index contributed by atoms with van der Waals surface area (Å²) >= 11 is 5.83. The van der Waals surface area contributed by atoms with E-state index in [1.54, 1.807) is 24.3 Å². The zero-order chi connectivity index (χ0) is 14.0. The fraction of sp³-hybridized carbons (Fsp3) is 0.133. The Hall–Kier alpha value is -1.87. The summed E-state index contributed by atoms with van der Waals surface area (Å²) in [6, 6.07) is 9.54. The van der Waals surface area contributed by atoms with Crippen LogP contribution < -0.4 is 5.73 Å². The molecule has 0 saturated carbocycles. The fourth-order valence-corrected chi connectivity index (χ4v) is 2.00. The van der Waals surface area contributed by atoms with Gasteiger partial charge in [-0.05, 0) is 42.3 Å². The van der Waals surface area contributed by atoms with E-state index in [1.165, 1.54) is 12.1 Å². The number of Topliss-reactive ketones (excluding diaryl/α,β-unsaturated/α-hetero) is 1. The van der Waals surface area contributed by atoms with Gasteiger partial charge in [0.15, 0.2) is 5.78 Å². The molecule has 0 atom stereocenters. The van der Waals surface area contributed by atoms with Gasteiger partial charge in [0.25, 0.3) is 0 Å². The Balaban J connectivity index is 2.26. The molecule has 2 nitrogen and oxygen atoms in total. The van der Waals surface area contributed by atoms with Crippen LogP contribution in [0.5, 0.6) is 0 Å². The van der Waals surface area contributed by atoms with Crippen LogP contribution in [0.2, 0.25) is 5.02 Å². The molecule has 4 heteroatoms. The molecule has 0 fully saturated rings. The summed E-state index contributed by atoms with van der Waals surface area (Å²) in [4.78, 5) is 12.1. The lowest BCUT2D eigenvalue weighted by Crippen LogP contribution is -2.05. The zero-order valence-electron chi connectivity index (χ0n) is 10.4. The van der Waals surface area contributed by atoms with Gasteiger partial charge in [0.2, 0.25) is 0 Å². The molecule has 2 rings (SSSR count). The molecule has 0 unspecified atom stereocenters. The van der Waals surface area contributed by atoms with E-state index in [1.807, 2.05) is 6.92 Å². The molecule has 2 aromatic rings. The second-order valence-electron chi connectivity index (χ2n) is 4.38. The summed E-state index contributed by atoms with van der Waals surface area (Å²) in [6.07, 6.45) is 0.0694. The van der Waals surface area contributed by atoms with Gasteiger partial charge in [-0.1, -0.05) is 23.7 Å². The molecule has 0 aliphatic carbocycles. The van der Waals surface area contributed by atoms with Crippen molar-refractivity contribution in [3.8, 4) is 0 Å². The molecular weight excluding hydrogens is 265 g/mol. The van der Waals surface area contributed by atoms with Gasteiger partial charge in [-0.2, -0.15) is 0 Å². The van der Waals surface area contributed by atoms with Crippen LogP contribution >= 0.6 is 11.6 Å². The Morgan fingerprint density at radius 3 is 2.74 bits per heavy atom. The number of hydrogen-bond acceptors (Lipinski definition) is 2. The topological polar surface area (TPSA) is 43.1 Å². The van der Waals surface area contributed by atoms with Crippen LogP contribution in [0.1, 0.15) is 21.5 Å². The van der Waals surface area contributed by atoms with Crippen LogP contribution in [-0.2, 0) is 6.42 Å². The minimum Gasteiger partial charge on any atom is -0.399 e. The smallest absolute Gasteiger partial charge is 0.167 e. The van der Waals surface area contributed by atoms with E-state index in [9.17, 15) is 9.18 Å². The van der Waals surface area contributed by atoms with E-state index < -0.39 is 5.82 Å². The van der Waals surface area contributed by atoms with Gasteiger partial charge in [0.1, 0.15) is 5.82 Å². The highest BCUT2D eigenvalue weighted by Gasteiger charge is 2.12. The number of benzene rings is 2. The Bertz CT molecular complexity index is 640. The summed E-state index contributed by atoms with van der Waals surface area (Å²) in [5, 5.41) is 0.00279. The summed E-state index contributed by atoms with van der Waals surface area (Å²) in [5.74, 6) is -0.629. The first kappa shape index (κ1) is 13.6. The number of ketones is 1. The average molecular weight is 278 g/mol. The number of anilines is 1. The van der Waals surface area contributed by atoms with E-state index in [-0.39, 0.29) is 17.2 Å². The highest BCUT2D eigenvalue weighted by atomic mass is 35.5. The van der Waals surface area contributed by atoms with Gasteiger partial charge in [-0.15, -0.1) is 0 Å². The SMILES string of the molecule is Cc1cc(C(=O)Cc2cccc(F)c2Cl)ccc1N. The van der Waals surface area contributed by atoms with Crippen molar-refractivity contribution >= 4 is 23.1 Å². The van der Waals surface area contributed by atoms with E-state index in [4.69, 9.17) is 17.3 Å². The lowest BCUT2D eigenvalue weighted by Gasteiger charge is -2.06. The van der Waals surface area contributed by atoms with Crippen LogP contribution in [0.4, 0.5) is 10.1 Å². The van der Waals surface area contributed by atoms with Crippen molar-refractivity contribution in [2.75, 3.05) is 5.73 Å².